The van der Waals surface area contributed by atoms with E-state index in [1.807, 2.05) is 13.0 Å². The van der Waals surface area contributed by atoms with Crippen molar-refractivity contribution < 1.29 is 14.3 Å². The molecule has 0 spiro atoms. The molecule has 1 unspecified atom stereocenters. The van der Waals surface area contributed by atoms with Crippen LogP contribution in [-0.2, 0) is 16.1 Å². The van der Waals surface area contributed by atoms with Crippen LogP contribution in [0.5, 0.6) is 0 Å². The zero-order valence-corrected chi connectivity index (χ0v) is 13.0. The van der Waals surface area contributed by atoms with Gasteiger partial charge in [0.25, 0.3) is 5.91 Å². The molecule has 1 aromatic heterocycles. The summed E-state index contributed by atoms with van der Waals surface area (Å²) in [4.78, 5) is 36.8. The number of aryl methyl sites for hydroxylation is 1. The quantitative estimate of drug-likeness (QED) is 0.920. The molecule has 1 atom stereocenters. The molecule has 1 aliphatic rings. The minimum atomic E-state index is -0.813. The highest BCUT2D eigenvalue weighted by molar-refractivity contribution is 7.16. The Bertz CT molecular complexity index is 810. The van der Waals surface area contributed by atoms with Gasteiger partial charge in [0.1, 0.15) is 0 Å². The Labute approximate surface area is 130 Å². The number of ether oxygens (including phenoxy) is 1. The number of hydrogen-bond donors (Lipinski definition) is 1. The first-order chi connectivity index (χ1) is 10.5. The maximum atomic E-state index is 11.9. The topological polar surface area (TPSA) is 80.6 Å². The lowest BCUT2D eigenvalue weighted by molar-refractivity contribution is -0.127. The number of thiazole rings is 1. The zero-order valence-electron chi connectivity index (χ0n) is 12.2. The fraction of sp³-hybridized carbons (Fsp3) is 0.357. The predicted octanol–water partition coefficient (Wildman–Crippen LogP) is 1.15. The smallest absolute Gasteiger partial charge is 0.415 e. The van der Waals surface area contributed by atoms with Crippen molar-refractivity contribution in [1.29, 1.82) is 0 Å². The summed E-state index contributed by atoms with van der Waals surface area (Å²) >= 11 is 1.14. The van der Waals surface area contributed by atoms with Crippen molar-refractivity contribution in [3.05, 3.63) is 27.9 Å². The Morgan fingerprint density at radius 2 is 2.23 bits per heavy atom. The highest BCUT2D eigenvalue weighted by atomic mass is 32.1. The molecule has 2 amide bonds. The van der Waals surface area contributed by atoms with Crippen LogP contribution in [0, 0.1) is 0 Å². The molecule has 8 heteroatoms. The fourth-order valence-electron chi connectivity index (χ4n) is 2.49. The molecule has 0 radical (unpaired) electrons. The molecule has 116 valence electrons. The number of cyclic esters (lactones) is 1. The Morgan fingerprint density at radius 1 is 1.45 bits per heavy atom. The van der Waals surface area contributed by atoms with Gasteiger partial charge in [-0.15, -0.1) is 0 Å². The Hall–Kier alpha value is -2.35. The predicted molar refractivity (Wildman–Crippen MR) is 83.4 cm³/mol. The third-order valence-electron chi connectivity index (χ3n) is 3.63. The van der Waals surface area contributed by atoms with E-state index in [0.717, 1.165) is 21.6 Å². The van der Waals surface area contributed by atoms with Crippen LogP contribution >= 0.6 is 11.3 Å². The molecule has 1 aromatic carbocycles. The number of amides is 2. The summed E-state index contributed by atoms with van der Waals surface area (Å²) in [5.74, 6) is -0.335. The maximum absolute atomic E-state index is 11.9. The van der Waals surface area contributed by atoms with Crippen LogP contribution in [0.15, 0.2) is 23.0 Å². The minimum Gasteiger partial charge on any atom is -0.434 e. The van der Waals surface area contributed by atoms with Gasteiger partial charge in [-0.05, 0) is 25.1 Å². The van der Waals surface area contributed by atoms with Crippen LogP contribution in [0.2, 0.25) is 0 Å². The van der Waals surface area contributed by atoms with Gasteiger partial charge in [0.05, 0.1) is 16.8 Å². The number of likely N-dealkylation sites (N-methyl/N-ethyl adjacent to an activating group) is 1. The monoisotopic (exact) mass is 321 g/mol. The van der Waals surface area contributed by atoms with Gasteiger partial charge in [-0.25, -0.2) is 4.79 Å². The van der Waals surface area contributed by atoms with E-state index in [1.54, 1.807) is 16.7 Å². The highest BCUT2D eigenvalue weighted by Gasteiger charge is 2.36. The first kappa shape index (κ1) is 14.6. The number of hydrogen-bond acceptors (Lipinski definition) is 5. The molecule has 22 heavy (non-hydrogen) atoms. The van der Waals surface area contributed by atoms with Crippen molar-refractivity contribution in [1.82, 2.24) is 9.88 Å². The van der Waals surface area contributed by atoms with Crippen LogP contribution in [0.3, 0.4) is 0 Å². The summed E-state index contributed by atoms with van der Waals surface area (Å²) in [6, 6.07) is 5.35. The van der Waals surface area contributed by atoms with Crippen molar-refractivity contribution in [3.8, 4) is 0 Å². The van der Waals surface area contributed by atoms with Gasteiger partial charge in [0.2, 0.25) is 0 Å². The second kappa shape index (κ2) is 5.45. The molecule has 1 saturated heterocycles. The number of rotatable bonds is 3. The van der Waals surface area contributed by atoms with E-state index < -0.39 is 12.2 Å². The zero-order chi connectivity index (χ0) is 15.9. The van der Waals surface area contributed by atoms with Gasteiger partial charge in [-0.2, -0.15) is 0 Å². The van der Waals surface area contributed by atoms with Gasteiger partial charge < -0.3 is 10.1 Å². The van der Waals surface area contributed by atoms with E-state index in [2.05, 4.69) is 5.32 Å². The molecule has 2 aromatic rings. The molecule has 0 bridgehead atoms. The van der Waals surface area contributed by atoms with Crippen LogP contribution < -0.4 is 15.1 Å². The third-order valence-corrected chi connectivity index (χ3v) is 4.57. The molecule has 1 fully saturated rings. The Kier molecular flexibility index (Phi) is 3.61. The average molecular weight is 321 g/mol. The summed E-state index contributed by atoms with van der Waals surface area (Å²) in [5, 5.41) is 2.46. The number of aromatic nitrogens is 1. The Morgan fingerprint density at radius 3 is 2.91 bits per heavy atom. The third kappa shape index (κ3) is 2.25. The molecule has 1 aliphatic heterocycles. The van der Waals surface area contributed by atoms with Crippen molar-refractivity contribution in [2.75, 3.05) is 18.5 Å². The summed E-state index contributed by atoms with van der Waals surface area (Å²) in [7, 11) is 1.50. The van der Waals surface area contributed by atoms with Gasteiger partial charge in [0, 0.05) is 19.3 Å². The second-order valence-electron chi connectivity index (χ2n) is 4.86. The lowest BCUT2D eigenvalue weighted by Gasteiger charge is -2.12. The number of carbonyl (C=O) groups excluding carboxylic acids is 2. The van der Waals surface area contributed by atoms with Crippen molar-refractivity contribution in [2.24, 2.45) is 0 Å². The van der Waals surface area contributed by atoms with Crippen LogP contribution in [0.25, 0.3) is 10.2 Å². The summed E-state index contributed by atoms with van der Waals surface area (Å²) in [6.07, 6.45) is -1.37. The summed E-state index contributed by atoms with van der Waals surface area (Å²) < 4.78 is 7.54. The molecule has 3 rings (SSSR count). The average Bonchev–Trinajstić information content (AvgIpc) is 3.04. The number of nitrogens with one attached hydrogen (secondary N) is 1. The van der Waals surface area contributed by atoms with E-state index in [4.69, 9.17) is 4.74 Å². The largest absolute Gasteiger partial charge is 0.434 e. The van der Waals surface area contributed by atoms with E-state index >= 15 is 0 Å². The lowest BCUT2D eigenvalue weighted by Crippen LogP contribution is -2.35. The van der Waals surface area contributed by atoms with Gasteiger partial charge in [-0.1, -0.05) is 11.3 Å². The molecule has 7 nitrogen and oxygen atoms in total. The number of fused-ring (bicyclic) bond motifs is 1. The lowest BCUT2D eigenvalue weighted by atomic mass is 10.2. The van der Waals surface area contributed by atoms with Crippen molar-refractivity contribution >= 4 is 39.2 Å². The fourth-order valence-corrected chi connectivity index (χ4v) is 3.48. The Balaban J connectivity index is 1.96. The highest BCUT2D eigenvalue weighted by Crippen LogP contribution is 2.27. The SMILES string of the molecule is CCn1c(=O)sc2cc(N3CC(C(=O)NC)OC3=O)ccc21. The second-order valence-corrected chi connectivity index (χ2v) is 5.85. The van der Waals surface area contributed by atoms with Crippen LogP contribution in [-0.4, -0.2) is 36.3 Å². The normalized spacial score (nSPS) is 17.8. The minimum absolute atomic E-state index is 0.0260. The van der Waals surface area contributed by atoms with Crippen molar-refractivity contribution in [2.45, 2.75) is 19.6 Å². The standard InChI is InChI=1S/C14H15N3O4S/c1-3-16-9-5-4-8(6-11(9)22-14(16)20)17-7-10(12(18)15-2)21-13(17)19/h4-6,10H,3,7H2,1-2H3,(H,15,18). The summed E-state index contributed by atoms with van der Waals surface area (Å²) in [5.41, 5.74) is 1.46. The van der Waals surface area contributed by atoms with Crippen LogP contribution in [0.4, 0.5) is 10.5 Å². The van der Waals surface area contributed by atoms with Crippen LogP contribution in [0.1, 0.15) is 6.92 Å². The van der Waals surface area contributed by atoms with Gasteiger partial charge in [0.15, 0.2) is 6.10 Å². The number of carbonyl (C=O) groups is 2. The molecular formula is C14H15N3O4S. The molecule has 0 aliphatic carbocycles. The molecule has 2 heterocycles. The molecule has 0 saturated carbocycles. The molecule has 1 N–H and O–H groups in total. The number of anilines is 1. The number of benzene rings is 1. The van der Waals surface area contributed by atoms with E-state index in [9.17, 15) is 14.4 Å². The number of nitrogens with zero attached hydrogens (tertiary/aromatic N) is 2. The van der Waals surface area contributed by atoms with Crippen molar-refractivity contribution in [3.63, 3.8) is 0 Å². The van der Waals surface area contributed by atoms with E-state index in [-0.39, 0.29) is 17.3 Å². The van der Waals surface area contributed by atoms with Gasteiger partial charge in [-0.3, -0.25) is 19.1 Å². The first-order valence-electron chi connectivity index (χ1n) is 6.88. The van der Waals surface area contributed by atoms with E-state index in [0.29, 0.717) is 12.2 Å². The summed E-state index contributed by atoms with van der Waals surface area (Å²) in [6.45, 7) is 2.67. The van der Waals surface area contributed by atoms with Gasteiger partial charge >= 0.3 is 11.0 Å². The van der Waals surface area contributed by atoms with E-state index in [1.165, 1.54) is 11.9 Å². The maximum Gasteiger partial charge on any atom is 0.415 e. The molecular weight excluding hydrogens is 306 g/mol. The first-order valence-corrected chi connectivity index (χ1v) is 7.70.